The molecule has 1 aromatic carbocycles. The van der Waals surface area contributed by atoms with Crippen LogP contribution in [-0.4, -0.2) is 16.1 Å². The number of benzene rings is 1. The summed E-state index contributed by atoms with van der Waals surface area (Å²) < 4.78 is 13.0. The van der Waals surface area contributed by atoms with Crippen molar-refractivity contribution in [2.24, 2.45) is 0 Å². The molecule has 2 aromatic rings. The Morgan fingerprint density at radius 1 is 1.33 bits per heavy atom. The quantitative estimate of drug-likeness (QED) is 0.932. The van der Waals surface area contributed by atoms with Crippen LogP contribution in [0, 0.1) is 5.82 Å². The van der Waals surface area contributed by atoms with Crippen molar-refractivity contribution >= 4 is 29.3 Å². The highest BCUT2D eigenvalue weighted by molar-refractivity contribution is 7.99. The molecular formula is C12H7ClFNO2S. The lowest BCUT2D eigenvalue weighted by Gasteiger charge is -2.05. The number of hydrogen-bond acceptors (Lipinski definition) is 3. The van der Waals surface area contributed by atoms with Gasteiger partial charge in [0, 0.05) is 11.1 Å². The predicted octanol–water partition coefficient (Wildman–Crippen LogP) is 3.72. The molecule has 0 aliphatic heterocycles. The van der Waals surface area contributed by atoms with Gasteiger partial charge in [-0.1, -0.05) is 23.4 Å². The minimum atomic E-state index is -1.18. The first kappa shape index (κ1) is 12.9. The molecule has 92 valence electrons. The normalized spacial score (nSPS) is 10.3. The average Bonchev–Trinajstić information content (AvgIpc) is 2.34. The van der Waals surface area contributed by atoms with Crippen molar-refractivity contribution < 1.29 is 14.3 Å². The standard InChI is InChI=1S/C12H7ClFNO2S/c13-7-1-4-11(15-6-7)18-10-3-2-8(14)5-9(10)12(16)17/h1-6H,(H,16,17). The first-order valence-corrected chi connectivity index (χ1v) is 6.08. The Morgan fingerprint density at radius 2 is 2.11 bits per heavy atom. The van der Waals surface area contributed by atoms with Gasteiger partial charge in [-0.3, -0.25) is 0 Å². The molecule has 0 amide bonds. The molecule has 0 spiro atoms. The second kappa shape index (κ2) is 5.37. The minimum absolute atomic E-state index is 0.0863. The smallest absolute Gasteiger partial charge is 0.336 e. The summed E-state index contributed by atoms with van der Waals surface area (Å²) in [6, 6.07) is 6.94. The summed E-state index contributed by atoms with van der Waals surface area (Å²) in [5.41, 5.74) is -0.0863. The first-order valence-electron chi connectivity index (χ1n) is 4.88. The third kappa shape index (κ3) is 3.00. The van der Waals surface area contributed by atoms with Gasteiger partial charge in [0.05, 0.1) is 10.6 Å². The van der Waals surface area contributed by atoms with Crippen LogP contribution in [-0.2, 0) is 0 Å². The zero-order valence-electron chi connectivity index (χ0n) is 8.93. The van der Waals surface area contributed by atoms with E-state index in [1.54, 1.807) is 12.1 Å². The number of pyridine rings is 1. The first-order chi connectivity index (χ1) is 8.56. The number of rotatable bonds is 3. The van der Waals surface area contributed by atoms with Crippen LogP contribution in [0.3, 0.4) is 0 Å². The van der Waals surface area contributed by atoms with Gasteiger partial charge in [0.25, 0.3) is 0 Å². The number of halogens is 2. The predicted molar refractivity (Wildman–Crippen MR) is 66.7 cm³/mol. The Morgan fingerprint density at radius 3 is 2.72 bits per heavy atom. The molecule has 0 unspecified atom stereocenters. The van der Waals surface area contributed by atoms with Gasteiger partial charge >= 0.3 is 5.97 Å². The lowest BCUT2D eigenvalue weighted by atomic mass is 10.2. The second-order valence-electron chi connectivity index (χ2n) is 3.36. The molecular weight excluding hydrogens is 277 g/mol. The number of aromatic nitrogens is 1. The Kier molecular flexibility index (Phi) is 3.84. The largest absolute Gasteiger partial charge is 0.478 e. The van der Waals surface area contributed by atoms with Crippen molar-refractivity contribution in [1.82, 2.24) is 4.98 Å². The summed E-state index contributed by atoms with van der Waals surface area (Å²) in [7, 11) is 0. The van der Waals surface area contributed by atoms with E-state index in [1.807, 2.05) is 0 Å². The molecule has 1 aromatic heterocycles. The lowest BCUT2D eigenvalue weighted by molar-refractivity contribution is 0.0692. The van der Waals surface area contributed by atoms with Gasteiger partial charge in [-0.15, -0.1) is 0 Å². The van der Waals surface area contributed by atoms with Crippen molar-refractivity contribution in [2.45, 2.75) is 9.92 Å². The van der Waals surface area contributed by atoms with Crippen LogP contribution in [0.2, 0.25) is 5.02 Å². The molecule has 1 heterocycles. The number of carbonyl (C=O) groups is 1. The maximum atomic E-state index is 13.0. The maximum absolute atomic E-state index is 13.0. The molecule has 1 N–H and O–H groups in total. The molecule has 0 saturated heterocycles. The summed E-state index contributed by atoms with van der Waals surface area (Å²) in [5.74, 6) is -1.76. The van der Waals surface area contributed by atoms with Crippen molar-refractivity contribution in [1.29, 1.82) is 0 Å². The van der Waals surface area contributed by atoms with Gasteiger partial charge in [-0.25, -0.2) is 14.2 Å². The van der Waals surface area contributed by atoms with Crippen LogP contribution in [0.25, 0.3) is 0 Å². The molecule has 0 bridgehead atoms. The zero-order chi connectivity index (χ0) is 13.1. The summed E-state index contributed by atoms with van der Waals surface area (Å²) in [6.45, 7) is 0. The molecule has 0 atom stereocenters. The third-order valence-electron chi connectivity index (χ3n) is 2.09. The highest BCUT2D eigenvalue weighted by Crippen LogP contribution is 2.30. The minimum Gasteiger partial charge on any atom is -0.478 e. The number of aromatic carboxylic acids is 1. The molecule has 0 aliphatic rings. The molecule has 6 heteroatoms. The van der Waals surface area contributed by atoms with Gasteiger partial charge in [0.1, 0.15) is 10.8 Å². The van der Waals surface area contributed by atoms with Crippen molar-refractivity contribution in [3.8, 4) is 0 Å². The van der Waals surface area contributed by atoms with Crippen molar-refractivity contribution in [3.05, 3.63) is 52.9 Å². The molecule has 3 nitrogen and oxygen atoms in total. The molecule has 0 saturated carbocycles. The van der Waals surface area contributed by atoms with E-state index < -0.39 is 11.8 Å². The van der Waals surface area contributed by atoms with E-state index in [4.69, 9.17) is 16.7 Å². The van der Waals surface area contributed by atoms with Crippen LogP contribution in [0.4, 0.5) is 4.39 Å². The van der Waals surface area contributed by atoms with E-state index in [2.05, 4.69) is 4.98 Å². The highest BCUT2D eigenvalue weighted by atomic mass is 35.5. The van der Waals surface area contributed by atoms with Crippen LogP contribution >= 0.6 is 23.4 Å². The maximum Gasteiger partial charge on any atom is 0.336 e. The van der Waals surface area contributed by atoms with Gasteiger partial charge < -0.3 is 5.11 Å². The number of carboxylic acids is 1. The van der Waals surface area contributed by atoms with Crippen molar-refractivity contribution in [3.63, 3.8) is 0 Å². The van der Waals surface area contributed by atoms with Crippen LogP contribution in [0.1, 0.15) is 10.4 Å². The SMILES string of the molecule is O=C(O)c1cc(F)ccc1Sc1ccc(Cl)cn1. The van der Waals surface area contributed by atoms with Crippen molar-refractivity contribution in [2.75, 3.05) is 0 Å². The summed E-state index contributed by atoms with van der Waals surface area (Å²) in [4.78, 5) is 15.5. The fourth-order valence-corrected chi connectivity index (χ4v) is 2.26. The Bertz CT molecular complexity index is 589. The number of nitrogens with zero attached hydrogens (tertiary/aromatic N) is 1. The monoisotopic (exact) mass is 283 g/mol. The van der Waals surface area contributed by atoms with Gasteiger partial charge in [0.15, 0.2) is 0 Å². The Hall–Kier alpha value is -1.59. The molecule has 18 heavy (non-hydrogen) atoms. The third-order valence-corrected chi connectivity index (χ3v) is 3.34. The number of hydrogen-bond donors (Lipinski definition) is 1. The van der Waals surface area contributed by atoms with E-state index in [1.165, 1.54) is 18.3 Å². The lowest BCUT2D eigenvalue weighted by Crippen LogP contribution is -1.99. The summed E-state index contributed by atoms with van der Waals surface area (Å²) in [5, 5.41) is 10.1. The van der Waals surface area contributed by atoms with Gasteiger partial charge in [-0.2, -0.15) is 0 Å². The van der Waals surface area contributed by atoms with Crippen LogP contribution in [0.5, 0.6) is 0 Å². The van der Waals surface area contributed by atoms with E-state index >= 15 is 0 Å². The van der Waals surface area contributed by atoms with E-state index in [9.17, 15) is 9.18 Å². The van der Waals surface area contributed by atoms with E-state index in [0.717, 1.165) is 17.8 Å². The van der Waals surface area contributed by atoms with Crippen LogP contribution in [0.15, 0.2) is 46.5 Å². The summed E-state index contributed by atoms with van der Waals surface area (Å²) >= 11 is 6.84. The Labute approximate surface area is 112 Å². The van der Waals surface area contributed by atoms with Gasteiger partial charge in [0.2, 0.25) is 0 Å². The number of carboxylic acid groups (broad SMARTS) is 1. The molecule has 0 fully saturated rings. The Balaban J connectivity index is 2.34. The molecule has 0 radical (unpaired) electrons. The second-order valence-corrected chi connectivity index (χ2v) is 4.86. The summed E-state index contributed by atoms with van der Waals surface area (Å²) in [6.07, 6.45) is 1.47. The molecule has 2 rings (SSSR count). The fourth-order valence-electron chi connectivity index (χ4n) is 1.29. The fraction of sp³-hybridized carbons (Fsp3) is 0. The van der Waals surface area contributed by atoms with Gasteiger partial charge in [-0.05, 0) is 30.3 Å². The highest BCUT2D eigenvalue weighted by Gasteiger charge is 2.12. The molecule has 0 aliphatic carbocycles. The topological polar surface area (TPSA) is 50.2 Å². The average molecular weight is 284 g/mol. The van der Waals surface area contributed by atoms with E-state index in [0.29, 0.717) is 14.9 Å². The zero-order valence-corrected chi connectivity index (χ0v) is 10.5. The van der Waals surface area contributed by atoms with Crippen LogP contribution < -0.4 is 0 Å². The van der Waals surface area contributed by atoms with E-state index in [-0.39, 0.29) is 5.56 Å².